The van der Waals surface area contributed by atoms with Crippen molar-refractivity contribution in [2.75, 3.05) is 16.8 Å². The molecule has 1 atom stereocenters. The summed E-state index contributed by atoms with van der Waals surface area (Å²) in [5, 5.41) is 2.69. The highest BCUT2D eigenvalue weighted by molar-refractivity contribution is 9.10. The van der Waals surface area contributed by atoms with Crippen molar-refractivity contribution in [3.8, 4) is 0 Å². The first-order valence-electron chi connectivity index (χ1n) is 8.13. The van der Waals surface area contributed by atoms with E-state index in [-0.39, 0.29) is 12.5 Å². The van der Waals surface area contributed by atoms with Gasteiger partial charge in [0.1, 0.15) is 12.6 Å². The highest BCUT2D eigenvalue weighted by Crippen LogP contribution is 2.26. The number of hydrogen-bond acceptors (Lipinski definition) is 3. The Balaban J connectivity index is 1.72. The Morgan fingerprint density at radius 2 is 1.69 bits per heavy atom. The second kappa shape index (κ2) is 7.29. The number of aryl methyl sites for hydroxylation is 1. The molecule has 1 N–H and O–H groups in total. The van der Waals surface area contributed by atoms with Crippen LogP contribution in [0, 0.1) is 6.92 Å². The fraction of sp³-hybridized carbons (Fsp3) is 0.211. The molecule has 2 aromatic rings. The third-order valence-corrected chi connectivity index (χ3v) is 4.72. The number of nitrogens with one attached hydrogen (secondary N) is 1. The van der Waals surface area contributed by atoms with Gasteiger partial charge in [0.25, 0.3) is 5.91 Å². The second-order valence-corrected chi connectivity index (χ2v) is 7.06. The van der Waals surface area contributed by atoms with Gasteiger partial charge >= 0.3 is 6.03 Å². The van der Waals surface area contributed by atoms with Crippen LogP contribution in [0.4, 0.5) is 16.2 Å². The van der Waals surface area contributed by atoms with Crippen molar-refractivity contribution in [2.24, 2.45) is 0 Å². The third kappa shape index (κ3) is 3.62. The van der Waals surface area contributed by atoms with Gasteiger partial charge < -0.3 is 5.32 Å². The topological polar surface area (TPSA) is 69.7 Å². The lowest BCUT2D eigenvalue weighted by molar-refractivity contribution is -0.130. The fourth-order valence-corrected chi connectivity index (χ4v) is 3.05. The molecule has 1 aliphatic heterocycles. The summed E-state index contributed by atoms with van der Waals surface area (Å²) in [7, 11) is 0. The molecule has 1 heterocycles. The maximum atomic E-state index is 12.7. The Morgan fingerprint density at radius 3 is 2.31 bits per heavy atom. The molecule has 1 fully saturated rings. The van der Waals surface area contributed by atoms with E-state index in [1.807, 2.05) is 19.1 Å². The summed E-state index contributed by atoms with van der Waals surface area (Å²) in [4.78, 5) is 39.8. The van der Waals surface area contributed by atoms with Crippen LogP contribution in [0.5, 0.6) is 0 Å². The van der Waals surface area contributed by atoms with E-state index in [9.17, 15) is 14.4 Å². The van der Waals surface area contributed by atoms with Gasteiger partial charge in [0, 0.05) is 15.8 Å². The van der Waals surface area contributed by atoms with Crippen LogP contribution in [0.25, 0.3) is 0 Å². The van der Waals surface area contributed by atoms with Crippen molar-refractivity contribution >= 4 is 45.2 Å². The molecule has 0 aliphatic carbocycles. The molecular weight excluding hydrogens is 398 g/mol. The molecule has 0 aromatic heterocycles. The van der Waals surface area contributed by atoms with Crippen LogP contribution < -0.4 is 10.2 Å². The van der Waals surface area contributed by atoms with Crippen LogP contribution in [0.3, 0.4) is 0 Å². The Hall–Kier alpha value is -2.67. The lowest BCUT2D eigenvalue weighted by atomic mass is 10.2. The highest BCUT2D eigenvalue weighted by Gasteiger charge is 2.43. The largest absolute Gasteiger partial charge is 0.332 e. The summed E-state index contributed by atoms with van der Waals surface area (Å²) in [5.74, 6) is -0.812. The zero-order valence-electron chi connectivity index (χ0n) is 14.4. The molecule has 6 nitrogen and oxygen atoms in total. The minimum Gasteiger partial charge on any atom is -0.325 e. The van der Waals surface area contributed by atoms with Gasteiger partial charge in [-0.15, -0.1) is 0 Å². The summed E-state index contributed by atoms with van der Waals surface area (Å²) in [6.45, 7) is 3.29. The SMILES string of the molecule is Cc1ccc(N2C(=O)N(CC(=O)Nc3ccc(Br)cc3)C(=O)C2C)cc1. The standard InChI is InChI=1S/C19H18BrN3O3/c1-12-3-9-16(10-4-12)23-13(2)18(25)22(19(23)26)11-17(24)21-15-7-5-14(20)6-8-15/h3-10,13H,11H2,1-2H3,(H,21,24). The Morgan fingerprint density at radius 1 is 1.08 bits per heavy atom. The molecule has 1 aliphatic rings. The highest BCUT2D eigenvalue weighted by atomic mass is 79.9. The van der Waals surface area contributed by atoms with Gasteiger partial charge in [-0.05, 0) is 50.2 Å². The van der Waals surface area contributed by atoms with Crippen LogP contribution in [0.15, 0.2) is 53.0 Å². The predicted molar refractivity (Wildman–Crippen MR) is 103 cm³/mol. The number of hydrogen-bond donors (Lipinski definition) is 1. The Labute approximate surface area is 159 Å². The molecule has 4 amide bonds. The van der Waals surface area contributed by atoms with Gasteiger partial charge in [0.2, 0.25) is 5.91 Å². The zero-order valence-corrected chi connectivity index (χ0v) is 16.0. The van der Waals surface area contributed by atoms with E-state index < -0.39 is 18.0 Å². The third-order valence-electron chi connectivity index (χ3n) is 4.19. The molecule has 2 aromatic carbocycles. The quantitative estimate of drug-likeness (QED) is 0.776. The molecule has 0 radical (unpaired) electrons. The van der Waals surface area contributed by atoms with E-state index in [2.05, 4.69) is 21.2 Å². The first-order chi connectivity index (χ1) is 12.4. The normalized spacial score (nSPS) is 17.0. The molecule has 0 bridgehead atoms. The number of carbonyl (C=O) groups excluding carboxylic acids is 3. The minimum atomic E-state index is -0.648. The average molecular weight is 416 g/mol. The number of anilines is 2. The van der Waals surface area contributed by atoms with Gasteiger partial charge in [-0.1, -0.05) is 33.6 Å². The summed E-state index contributed by atoms with van der Waals surface area (Å²) < 4.78 is 0.892. The first kappa shape index (κ1) is 18.1. The second-order valence-electron chi connectivity index (χ2n) is 6.14. The lowest BCUT2D eigenvalue weighted by Gasteiger charge is -2.19. The van der Waals surface area contributed by atoms with E-state index >= 15 is 0 Å². The fourth-order valence-electron chi connectivity index (χ4n) is 2.79. The van der Waals surface area contributed by atoms with E-state index in [1.54, 1.807) is 43.3 Å². The van der Waals surface area contributed by atoms with Gasteiger partial charge in [0.15, 0.2) is 0 Å². The van der Waals surface area contributed by atoms with Crippen molar-refractivity contribution in [1.29, 1.82) is 0 Å². The van der Waals surface area contributed by atoms with Gasteiger partial charge in [0.05, 0.1) is 0 Å². The average Bonchev–Trinajstić information content (AvgIpc) is 2.82. The first-order valence-corrected chi connectivity index (χ1v) is 8.93. The number of benzene rings is 2. The minimum absolute atomic E-state index is 0.319. The lowest BCUT2D eigenvalue weighted by Crippen LogP contribution is -2.39. The summed E-state index contributed by atoms with van der Waals surface area (Å²) in [6, 6.07) is 13.3. The molecule has 134 valence electrons. The van der Waals surface area contributed by atoms with E-state index in [4.69, 9.17) is 0 Å². The molecule has 3 rings (SSSR count). The van der Waals surface area contributed by atoms with Crippen molar-refractivity contribution in [1.82, 2.24) is 4.90 Å². The zero-order chi connectivity index (χ0) is 18.8. The van der Waals surface area contributed by atoms with Crippen molar-refractivity contribution < 1.29 is 14.4 Å². The molecule has 26 heavy (non-hydrogen) atoms. The van der Waals surface area contributed by atoms with Gasteiger partial charge in [-0.3, -0.25) is 19.4 Å². The summed E-state index contributed by atoms with van der Waals surface area (Å²) >= 11 is 3.32. The number of imide groups is 1. The van der Waals surface area contributed by atoms with Crippen LogP contribution in [-0.2, 0) is 9.59 Å². The summed E-state index contributed by atoms with van der Waals surface area (Å²) in [6.07, 6.45) is 0. The summed E-state index contributed by atoms with van der Waals surface area (Å²) in [5.41, 5.74) is 2.29. The number of rotatable bonds is 4. The van der Waals surface area contributed by atoms with E-state index in [0.717, 1.165) is 14.9 Å². The smallest absolute Gasteiger partial charge is 0.325 e. The van der Waals surface area contributed by atoms with E-state index in [0.29, 0.717) is 11.4 Å². The number of carbonyl (C=O) groups is 3. The van der Waals surface area contributed by atoms with Crippen molar-refractivity contribution in [2.45, 2.75) is 19.9 Å². The monoisotopic (exact) mass is 415 g/mol. The molecule has 0 saturated carbocycles. The predicted octanol–water partition coefficient (Wildman–Crippen LogP) is 3.55. The van der Waals surface area contributed by atoms with Gasteiger partial charge in [-0.2, -0.15) is 0 Å². The van der Waals surface area contributed by atoms with E-state index in [1.165, 1.54) is 4.90 Å². The molecule has 7 heteroatoms. The Kier molecular flexibility index (Phi) is 5.08. The van der Waals surface area contributed by atoms with Crippen molar-refractivity contribution in [3.63, 3.8) is 0 Å². The maximum Gasteiger partial charge on any atom is 0.332 e. The molecular formula is C19H18BrN3O3. The maximum absolute atomic E-state index is 12.7. The molecule has 1 saturated heterocycles. The van der Waals surface area contributed by atoms with Crippen LogP contribution in [-0.4, -0.2) is 35.3 Å². The number of nitrogens with zero attached hydrogens (tertiary/aromatic N) is 2. The number of urea groups is 1. The molecule has 0 spiro atoms. The number of halogens is 1. The van der Waals surface area contributed by atoms with Gasteiger partial charge in [-0.25, -0.2) is 4.79 Å². The van der Waals surface area contributed by atoms with Crippen molar-refractivity contribution in [3.05, 3.63) is 58.6 Å². The van der Waals surface area contributed by atoms with Crippen LogP contribution >= 0.6 is 15.9 Å². The van der Waals surface area contributed by atoms with Crippen LogP contribution in [0.2, 0.25) is 0 Å². The van der Waals surface area contributed by atoms with Crippen LogP contribution in [0.1, 0.15) is 12.5 Å². The molecule has 1 unspecified atom stereocenters. The Bertz CT molecular complexity index is 849. The number of amides is 4.